The number of para-hydroxylation sites is 1. The van der Waals surface area contributed by atoms with Crippen LogP contribution in [-0.4, -0.2) is 28.1 Å². The molecule has 1 fully saturated rings. The van der Waals surface area contributed by atoms with Crippen LogP contribution >= 0.6 is 23.1 Å². The number of fused-ring (bicyclic) bond motifs is 2. The van der Waals surface area contributed by atoms with E-state index in [1.165, 1.54) is 15.5 Å². The fraction of sp³-hybridized carbons (Fsp3) is 0.217. The number of hydrogen-bond acceptors (Lipinski definition) is 4. The first-order chi connectivity index (χ1) is 13.8. The van der Waals surface area contributed by atoms with Gasteiger partial charge in [-0.15, -0.1) is 23.1 Å². The third kappa shape index (κ3) is 3.40. The topological polar surface area (TPSA) is 33.2 Å². The van der Waals surface area contributed by atoms with E-state index < -0.39 is 0 Å². The van der Waals surface area contributed by atoms with Crippen LogP contribution in [0.15, 0.2) is 71.6 Å². The average molecular weight is 405 g/mol. The number of aromatic nitrogens is 1. The molecule has 0 aliphatic carbocycles. The Kier molecular flexibility index (Phi) is 4.79. The molecule has 0 radical (unpaired) electrons. The van der Waals surface area contributed by atoms with Crippen molar-refractivity contribution in [3.8, 4) is 0 Å². The maximum atomic E-state index is 13.0. The molecule has 1 saturated heterocycles. The molecule has 0 bridgehead atoms. The summed E-state index contributed by atoms with van der Waals surface area (Å²) < 4.78 is 1.20. The second kappa shape index (κ2) is 7.57. The number of nitrogens with zero attached hydrogens (tertiary/aromatic N) is 2. The summed E-state index contributed by atoms with van der Waals surface area (Å²) >= 11 is 3.34. The molecule has 1 atom stereocenters. The van der Waals surface area contributed by atoms with Crippen LogP contribution in [0.2, 0.25) is 0 Å². The summed E-state index contributed by atoms with van der Waals surface area (Å²) in [5.74, 6) is 0.680. The monoisotopic (exact) mass is 404 g/mol. The highest BCUT2D eigenvalue weighted by Crippen LogP contribution is 2.37. The molecule has 140 valence electrons. The van der Waals surface area contributed by atoms with Crippen molar-refractivity contribution in [2.75, 3.05) is 12.3 Å². The number of rotatable bonds is 4. The van der Waals surface area contributed by atoms with Crippen molar-refractivity contribution in [1.82, 2.24) is 9.88 Å². The van der Waals surface area contributed by atoms with E-state index in [1.807, 2.05) is 29.2 Å². The summed E-state index contributed by atoms with van der Waals surface area (Å²) in [5.41, 5.74) is 1.03. The van der Waals surface area contributed by atoms with Crippen molar-refractivity contribution in [2.24, 2.45) is 0 Å². The van der Waals surface area contributed by atoms with Crippen molar-refractivity contribution < 1.29 is 4.79 Å². The lowest BCUT2D eigenvalue weighted by Crippen LogP contribution is -2.31. The molecule has 1 aliphatic rings. The Labute approximate surface area is 172 Å². The van der Waals surface area contributed by atoms with Gasteiger partial charge in [0.05, 0.1) is 22.0 Å². The number of amides is 1. The number of benzene rings is 3. The van der Waals surface area contributed by atoms with Crippen molar-refractivity contribution in [3.05, 3.63) is 71.7 Å². The van der Waals surface area contributed by atoms with Crippen LogP contribution < -0.4 is 0 Å². The van der Waals surface area contributed by atoms with E-state index in [-0.39, 0.29) is 11.9 Å². The minimum atomic E-state index is 0.127. The highest BCUT2D eigenvalue weighted by molar-refractivity contribution is 8.00. The molecule has 28 heavy (non-hydrogen) atoms. The van der Waals surface area contributed by atoms with E-state index >= 15 is 0 Å². The third-order valence-electron chi connectivity index (χ3n) is 5.25. The van der Waals surface area contributed by atoms with Gasteiger partial charge in [0.2, 0.25) is 5.91 Å². The number of hydrogen-bond donors (Lipinski definition) is 0. The second-order valence-electron chi connectivity index (χ2n) is 7.06. The number of carbonyl (C=O) groups excluding carboxylic acids is 1. The Morgan fingerprint density at radius 2 is 1.89 bits per heavy atom. The third-order valence-corrected chi connectivity index (χ3v) is 7.37. The van der Waals surface area contributed by atoms with Gasteiger partial charge in [0.15, 0.2) is 0 Å². The molecule has 0 N–H and O–H groups in total. The van der Waals surface area contributed by atoms with Crippen LogP contribution in [0.5, 0.6) is 0 Å². The van der Waals surface area contributed by atoms with Crippen molar-refractivity contribution in [1.29, 1.82) is 0 Å². The highest BCUT2D eigenvalue weighted by Gasteiger charge is 2.32. The van der Waals surface area contributed by atoms with Crippen LogP contribution in [0.25, 0.3) is 21.0 Å². The van der Waals surface area contributed by atoms with Crippen LogP contribution in [0, 0.1) is 0 Å². The van der Waals surface area contributed by atoms with Gasteiger partial charge in [0.1, 0.15) is 5.01 Å². The Balaban J connectivity index is 1.30. The van der Waals surface area contributed by atoms with Gasteiger partial charge in [-0.3, -0.25) is 4.79 Å². The van der Waals surface area contributed by atoms with E-state index in [4.69, 9.17) is 4.98 Å². The number of thiazole rings is 1. The number of carbonyl (C=O) groups is 1. The Morgan fingerprint density at radius 3 is 2.79 bits per heavy atom. The van der Waals surface area contributed by atoms with Gasteiger partial charge in [0, 0.05) is 11.4 Å². The lowest BCUT2D eigenvalue weighted by molar-refractivity contribution is -0.129. The molecule has 0 unspecified atom stereocenters. The number of thioether (sulfide) groups is 1. The fourth-order valence-corrected chi connectivity index (χ4v) is 5.79. The van der Waals surface area contributed by atoms with Gasteiger partial charge >= 0.3 is 0 Å². The van der Waals surface area contributed by atoms with Gasteiger partial charge in [-0.25, -0.2) is 4.98 Å². The van der Waals surface area contributed by atoms with E-state index in [9.17, 15) is 4.79 Å². The average Bonchev–Trinajstić information content (AvgIpc) is 3.38. The zero-order valence-corrected chi connectivity index (χ0v) is 17.0. The minimum absolute atomic E-state index is 0.127. The predicted molar refractivity (Wildman–Crippen MR) is 118 cm³/mol. The van der Waals surface area contributed by atoms with Gasteiger partial charge in [-0.1, -0.05) is 42.5 Å². The Bertz CT molecular complexity index is 1120. The Hall–Kier alpha value is -2.37. The van der Waals surface area contributed by atoms with Crippen molar-refractivity contribution in [3.63, 3.8) is 0 Å². The zero-order chi connectivity index (χ0) is 18.9. The first-order valence-corrected chi connectivity index (χ1v) is 11.3. The molecule has 1 aromatic heterocycles. The van der Waals surface area contributed by atoms with Crippen molar-refractivity contribution >= 4 is 50.0 Å². The lowest BCUT2D eigenvalue weighted by Gasteiger charge is -2.23. The minimum Gasteiger partial charge on any atom is -0.332 e. The standard InChI is InChI=1S/C23H20N2OS2/c26-22(15-27-18-12-11-16-6-1-2-7-17(16)14-18)25-13-5-9-20(25)23-24-19-8-3-4-10-21(19)28-23/h1-4,6-8,10-12,14,20H,5,9,13,15H2/t20-/m0/s1. The lowest BCUT2D eigenvalue weighted by atomic mass is 10.1. The second-order valence-corrected chi connectivity index (χ2v) is 9.17. The van der Waals surface area contributed by atoms with E-state index in [0.29, 0.717) is 5.75 Å². The zero-order valence-electron chi connectivity index (χ0n) is 15.4. The molecule has 5 heteroatoms. The predicted octanol–water partition coefficient (Wildman–Crippen LogP) is 5.91. The Morgan fingerprint density at radius 1 is 1.07 bits per heavy atom. The summed E-state index contributed by atoms with van der Waals surface area (Å²) in [4.78, 5) is 20.9. The molecule has 0 saturated carbocycles. The quantitative estimate of drug-likeness (QED) is 0.397. The van der Waals surface area contributed by atoms with Gasteiger partial charge in [0.25, 0.3) is 0 Å². The molecular formula is C23H20N2OS2. The summed E-state index contributed by atoms with van der Waals surface area (Å²) in [7, 11) is 0. The largest absolute Gasteiger partial charge is 0.332 e. The normalized spacial score (nSPS) is 16.9. The molecule has 3 nitrogen and oxygen atoms in total. The first kappa shape index (κ1) is 17.7. The first-order valence-electron chi connectivity index (χ1n) is 9.54. The molecule has 2 heterocycles. The van der Waals surface area contributed by atoms with Crippen LogP contribution in [-0.2, 0) is 4.79 Å². The summed E-state index contributed by atoms with van der Waals surface area (Å²) in [6.45, 7) is 0.831. The van der Waals surface area contributed by atoms with Crippen LogP contribution in [0.4, 0.5) is 0 Å². The molecular weight excluding hydrogens is 384 g/mol. The molecule has 0 spiro atoms. The smallest absolute Gasteiger partial charge is 0.233 e. The van der Waals surface area contributed by atoms with Gasteiger partial charge in [-0.2, -0.15) is 0 Å². The SMILES string of the molecule is O=C(CSc1ccc2ccccc2c1)N1CCC[C@H]1c1nc2ccccc2s1. The van der Waals surface area contributed by atoms with Crippen LogP contribution in [0.1, 0.15) is 23.9 Å². The van der Waals surface area contributed by atoms with Crippen LogP contribution in [0.3, 0.4) is 0 Å². The maximum Gasteiger partial charge on any atom is 0.233 e. The highest BCUT2D eigenvalue weighted by atomic mass is 32.2. The van der Waals surface area contributed by atoms with Crippen molar-refractivity contribution in [2.45, 2.75) is 23.8 Å². The maximum absolute atomic E-state index is 13.0. The fourth-order valence-electron chi connectivity index (χ4n) is 3.84. The summed E-state index contributed by atoms with van der Waals surface area (Å²) in [6.07, 6.45) is 2.05. The van der Waals surface area contributed by atoms with E-state index in [2.05, 4.69) is 42.5 Å². The molecule has 1 aliphatic heterocycles. The number of likely N-dealkylation sites (tertiary alicyclic amines) is 1. The van der Waals surface area contributed by atoms with E-state index in [0.717, 1.165) is 34.8 Å². The molecule has 5 rings (SSSR count). The molecule has 3 aromatic carbocycles. The van der Waals surface area contributed by atoms with E-state index in [1.54, 1.807) is 23.1 Å². The van der Waals surface area contributed by atoms with Gasteiger partial charge in [-0.05, 0) is 47.9 Å². The molecule has 4 aromatic rings. The summed E-state index contributed by atoms with van der Waals surface area (Å²) in [6, 6.07) is 23.1. The summed E-state index contributed by atoms with van der Waals surface area (Å²) in [5, 5.41) is 3.52. The molecule has 1 amide bonds. The van der Waals surface area contributed by atoms with Gasteiger partial charge < -0.3 is 4.90 Å².